The first-order chi connectivity index (χ1) is 12.0. The van der Waals surface area contributed by atoms with Crippen LogP contribution in [0.4, 0.5) is 0 Å². The molecule has 3 nitrogen and oxygen atoms in total. The lowest BCUT2D eigenvalue weighted by atomic mass is 10.1. The fourth-order valence-corrected chi connectivity index (χ4v) is 5.44. The molecular formula is C20H22N2OS2. The molecule has 1 aromatic carbocycles. The number of rotatable bonds is 3. The van der Waals surface area contributed by atoms with Gasteiger partial charge in [-0.05, 0) is 50.7 Å². The maximum atomic E-state index is 6.17. The molecule has 0 saturated heterocycles. The van der Waals surface area contributed by atoms with Crippen LogP contribution in [0.2, 0.25) is 0 Å². The topological polar surface area (TPSA) is 35.0 Å². The van der Waals surface area contributed by atoms with Crippen LogP contribution in [0.5, 0.6) is 5.88 Å². The van der Waals surface area contributed by atoms with Crippen LogP contribution in [0.25, 0.3) is 15.9 Å². The molecule has 1 aromatic heterocycles. The highest BCUT2D eigenvalue weighted by Gasteiger charge is 2.30. The van der Waals surface area contributed by atoms with Crippen LogP contribution in [0.1, 0.15) is 32.9 Å². The summed E-state index contributed by atoms with van der Waals surface area (Å²) in [7, 11) is 0. The van der Waals surface area contributed by atoms with Crippen molar-refractivity contribution in [2.45, 2.75) is 38.0 Å². The monoisotopic (exact) mass is 370 g/mol. The second kappa shape index (κ2) is 6.69. The third kappa shape index (κ3) is 3.72. The molecule has 0 spiro atoms. The number of aromatic nitrogens is 2. The maximum Gasteiger partial charge on any atom is 0.242 e. The normalized spacial score (nSPS) is 23.2. The zero-order valence-corrected chi connectivity index (χ0v) is 16.4. The van der Waals surface area contributed by atoms with Gasteiger partial charge in [0.1, 0.15) is 11.3 Å². The molecule has 25 heavy (non-hydrogen) atoms. The van der Waals surface area contributed by atoms with E-state index < -0.39 is 0 Å². The number of para-hydroxylation sites is 2. The summed E-state index contributed by atoms with van der Waals surface area (Å²) >= 11 is 3.83. The van der Waals surface area contributed by atoms with Crippen molar-refractivity contribution in [3.05, 3.63) is 47.5 Å². The van der Waals surface area contributed by atoms with E-state index in [1.165, 1.54) is 10.7 Å². The summed E-state index contributed by atoms with van der Waals surface area (Å²) in [6.07, 6.45) is 5.73. The van der Waals surface area contributed by atoms with E-state index in [4.69, 9.17) is 14.7 Å². The molecule has 0 fully saturated rings. The van der Waals surface area contributed by atoms with Crippen molar-refractivity contribution in [1.29, 1.82) is 0 Å². The number of benzene rings is 1. The van der Waals surface area contributed by atoms with Crippen LogP contribution in [-0.2, 0) is 0 Å². The molecule has 0 aliphatic carbocycles. The highest BCUT2D eigenvalue weighted by Crippen LogP contribution is 2.46. The predicted octanol–water partition coefficient (Wildman–Crippen LogP) is 5.53. The largest absolute Gasteiger partial charge is 0.470 e. The molecule has 0 saturated carbocycles. The molecule has 4 rings (SSSR count). The van der Waals surface area contributed by atoms with Gasteiger partial charge in [0.25, 0.3) is 0 Å². The van der Waals surface area contributed by atoms with E-state index in [2.05, 4.69) is 17.6 Å². The number of nitrogens with zero attached hydrogens (tertiary/aromatic N) is 2. The molecule has 3 heterocycles. The van der Waals surface area contributed by atoms with Gasteiger partial charge in [0.15, 0.2) is 0 Å². The van der Waals surface area contributed by atoms with Crippen LogP contribution in [0.15, 0.2) is 41.8 Å². The van der Waals surface area contributed by atoms with Crippen molar-refractivity contribution in [2.75, 3.05) is 5.75 Å². The molecule has 2 aromatic rings. The summed E-state index contributed by atoms with van der Waals surface area (Å²) < 4.78 is 6.17. The van der Waals surface area contributed by atoms with Crippen LogP contribution in [0, 0.1) is 5.92 Å². The van der Waals surface area contributed by atoms with Gasteiger partial charge in [0.2, 0.25) is 5.88 Å². The molecule has 2 aliphatic rings. The average molecular weight is 371 g/mol. The number of hydrogen-bond acceptors (Lipinski definition) is 5. The molecule has 2 atom stereocenters. The van der Waals surface area contributed by atoms with Crippen LogP contribution >= 0.6 is 23.5 Å². The Morgan fingerprint density at radius 3 is 2.56 bits per heavy atom. The molecule has 5 heteroatoms. The average Bonchev–Trinajstić information content (AvgIpc) is 3.24. The minimum atomic E-state index is -0.306. The number of hydrogen-bond donors (Lipinski definition) is 0. The predicted molar refractivity (Wildman–Crippen MR) is 109 cm³/mol. The summed E-state index contributed by atoms with van der Waals surface area (Å²) in [4.78, 5) is 10.9. The van der Waals surface area contributed by atoms with Crippen LogP contribution < -0.4 is 4.74 Å². The molecular weight excluding hydrogens is 348 g/mol. The summed E-state index contributed by atoms with van der Waals surface area (Å²) in [5.74, 6) is 2.47. The Labute approximate surface area is 157 Å². The molecule has 0 bridgehead atoms. The molecule has 2 unspecified atom stereocenters. The van der Waals surface area contributed by atoms with E-state index in [1.807, 2.05) is 68.6 Å². The van der Waals surface area contributed by atoms with Crippen molar-refractivity contribution in [2.24, 2.45) is 5.92 Å². The Kier molecular flexibility index (Phi) is 4.54. The van der Waals surface area contributed by atoms with Gasteiger partial charge in [-0.15, -0.1) is 23.5 Å². The first-order valence-corrected chi connectivity index (χ1v) is 10.5. The fourth-order valence-electron chi connectivity index (χ4n) is 3.01. The Balaban J connectivity index is 1.69. The third-order valence-corrected chi connectivity index (χ3v) is 6.56. The second-order valence-corrected chi connectivity index (χ2v) is 9.59. The van der Waals surface area contributed by atoms with Gasteiger partial charge in [-0.1, -0.05) is 24.3 Å². The van der Waals surface area contributed by atoms with Crippen LogP contribution in [-0.4, -0.2) is 26.6 Å². The summed E-state index contributed by atoms with van der Waals surface area (Å²) in [5.41, 5.74) is 2.37. The Hall–Kier alpha value is -1.46. The van der Waals surface area contributed by atoms with Crippen molar-refractivity contribution in [3.8, 4) is 5.88 Å². The standard InChI is InChI=1S/C20H22N2OS2/c1-20(2,3)23-19-18(21-14-6-4-5-7-15(14)22-19)17-9-8-16(25-17)13-10-11-24-12-13/h4-7,9-11,13,16H,8,12H2,1-3H3. The van der Waals surface area contributed by atoms with E-state index >= 15 is 0 Å². The minimum Gasteiger partial charge on any atom is -0.470 e. The van der Waals surface area contributed by atoms with Crippen molar-refractivity contribution in [1.82, 2.24) is 9.97 Å². The summed E-state index contributed by atoms with van der Waals surface area (Å²) in [6.45, 7) is 6.15. The first-order valence-electron chi connectivity index (χ1n) is 8.61. The SMILES string of the molecule is CC(C)(C)Oc1nc2ccccc2nc1C1=CCC(C2C=CSC2)S1. The first kappa shape index (κ1) is 17.0. The van der Waals surface area contributed by atoms with Crippen molar-refractivity contribution < 1.29 is 4.74 Å². The summed E-state index contributed by atoms with van der Waals surface area (Å²) in [6, 6.07) is 7.99. The van der Waals surface area contributed by atoms with Gasteiger partial charge in [0, 0.05) is 15.9 Å². The highest BCUT2D eigenvalue weighted by molar-refractivity contribution is 8.09. The van der Waals surface area contributed by atoms with E-state index in [1.54, 1.807) is 0 Å². The van der Waals surface area contributed by atoms with Gasteiger partial charge in [0.05, 0.1) is 11.0 Å². The number of thioether (sulfide) groups is 2. The minimum absolute atomic E-state index is 0.306. The van der Waals surface area contributed by atoms with E-state index in [-0.39, 0.29) is 5.60 Å². The second-order valence-electron chi connectivity index (χ2n) is 7.37. The summed E-state index contributed by atoms with van der Waals surface area (Å²) in [5, 5.41) is 2.82. The smallest absolute Gasteiger partial charge is 0.242 e. The number of fused-ring (bicyclic) bond motifs is 1. The Morgan fingerprint density at radius 1 is 1.12 bits per heavy atom. The maximum absolute atomic E-state index is 6.17. The van der Waals surface area contributed by atoms with Gasteiger partial charge in [-0.25, -0.2) is 9.97 Å². The molecule has 0 amide bonds. The lowest BCUT2D eigenvalue weighted by Crippen LogP contribution is -2.24. The zero-order chi connectivity index (χ0) is 17.4. The van der Waals surface area contributed by atoms with Gasteiger partial charge < -0.3 is 4.74 Å². The molecule has 0 N–H and O–H groups in total. The van der Waals surface area contributed by atoms with Gasteiger partial charge in [-0.2, -0.15) is 0 Å². The molecule has 0 radical (unpaired) electrons. The zero-order valence-electron chi connectivity index (χ0n) is 14.7. The van der Waals surface area contributed by atoms with E-state index in [9.17, 15) is 0 Å². The lowest BCUT2D eigenvalue weighted by molar-refractivity contribution is 0.123. The van der Waals surface area contributed by atoms with Crippen LogP contribution in [0.3, 0.4) is 0 Å². The van der Waals surface area contributed by atoms with Crippen molar-refractivity contribution in [3.63, 3.8) is 0 Å². The molecule has 130 valence electrons. The van der Waals surface area contributed by atoms with E-state index in [0.29, 0.717) is 17.0 Å². The third-order valence-electron chi connectivity index (χ3n) is 4.18. The lowest BCUT2D eigenvalue weighted by Gasteiger charge is -2.22. The molecule has 2 aliphatic heterocycles. The number of ether oxygens (including phenoxy) is 1. The number of allylic oxidation sites excluding steroid dienone is 2. The Morgan fingerprint density at radius 2 is 1.88 bits per heavy atom. The van der Waals surface area contributed by atoms with Crippen molar-refractivity contribution >= 4 is 39.5 Å². The Bertz CT molecular complexity index is 854. The quantitative estimate of drug-likeness (QED) is 0.710. The van der Waals surface area contributed by atoms with Gasteiger partial charge in [-0.3, -0.25) is 0 Å². The van der Waals surface area contributed by atoms with E-state index in [0.717, 1.165) is 23.1 Å². The fraction of sp³-hybridized carbons (Fsp3) is 0.400. The van der Waals surface area contributed by atoms with Gasteiger partial charge >= 0.3 is 0 Å². The highest BCUT2D eigenvalue weighted by atomic mass is 32.2.